The van der Waals surface area contributed by atoms with Crippen LogP contribution >= 0.6 is 0 Å². The van der Waals surface area contributed by atoms with Gasteiger partial charge in [0.15, 0.2) is 5.78 Å². The highest BCUT2D eigenvalue weighted by Gasteiger charge is 2.59. The zero-order valence-electron chi connectivity index (χ0n) is 15.0. The van der Waals surface area contributed by atoms with E-state index >= 15 is 0 Å². The van der Waals surface area contributed by atoms with Gasteiger partial charge in [0, 0.05) is 6.42 Å². The number of fused-ring (bicyclic) bond motifs is 5. The van der Waals surface area contributed by atoms with Gasteiger partial charge >= 0.3 is 5.97 Å². The lowest BCUT2D eigenvalue weighted by atomic mass is 9.48. The van der Waals surface area contributed by atoms with E-state index in [2.05, 4.69) is 26.0 Å². The number of esters is 1. The highest BCUT2D eigenvalue weighted by molar-refractivity contribution is 5.92. The van der Waals surface area contributed by atoms with Crippen molar-refractivity contribution < 1.29 is 14.3 Å². The van der Waals surface area contributed by atoms with Crippen molar-refractivity contribution in [3.8, 4) is 0 Å². The number of allylic oxidation sites excluding steroid dienone is 4. The molecule has 130 valence electrons. The molecule has 0 aromatic heterocycles. The molecule has 3 nitrogen and oxygen atoms in total. The van der Waals surface area contributed by atoms with E-state index in [1.165, 1.54) is 12.7 Å². The number of hydrogen-bond donors (Lipinski definition) is 0. The van der Waals surface area contributed by atoms with Crippen LogP contribution in [0.3, 0.4) is 0 Å². The van der Waals surface area contributed by atoms with Crippen molar-refractivity contribution in [3.05, 3.63) is 23.8 Å². The molecule has 0 aromatic carbocycles. The maximum absolute atomic E-state index is 12.3. The molecule has 2 fully saturated rings. The van der Waals surface area contributed by atoms with Gasteiger partial charge in [-0.25, -0.2) is 0 Å². The van der Waals surface area contributed by atoms with Crippen LogP contribution in [0.1, 0.15) is 52.4 Å². The second-order valence-electron chi connectivity index (χ2n) is 8.83. The van der Waals surface area contributed by atoms with Crippen LogP contribution in [-0.2, 0) is 14.3 Å². The molecule has 3 heteroatoms. The van der Waals surface area contributed by atoms with E-state index in [0.717, 1.165) is 32.1 Å². The molecule has 0 amide bonds. The minimum atomic E-state index is -0.0201. The monoisotopic (exact) mass is 328 g/mol. The molecule has 0 bridgehead atoms. The number of hydrogen-bond acceptors (Lipinski definition) is 3. The summed E-state index contributed by atoms with van der Waals surface area (Å²) in [5.41, 5.74) is 1.45. The lowest BCUT2D eigenvalue weighted by molar-refractivity contribution is -0.151. The van der Waals surface area contributed by atoms with Crippen LogP contribution in [-0.4, -0.2) is 18.9 Å². The Bertz CT molecular complexity index is 645. The van der Waals surface area contributed by atoms with Gasteiger partial charge in [0.25, 0.3) is 0 Å². The first-order chi connectivity index (χ1) is 11.4. The fourth-order valence-corrected chi connectivity index (χ4v) is 6.53. The highest BCUT2D eigenvalue weighted by Crippen LogP contribution is 2.65. The Labute approximate surface area is 144 Å². The van der Waals surface area contributed by atoms with E-state index in [1.54, 1.807) is 0 Å². The smallest absolute Gasteiger partial charge is 0.309 e. The molecule has 0 heterocycles. The average Bonchev–Trinajstić information content (AvgIpc) is 2.92. The second kappa shape index (κ2) is 5.31. The molecule has 2 saturated carbocycles. The van der Waals surface area contributed by atoms with Crippen LogP contribution < -0.4 is 0 Å². The van der Waals surface area contributed by atoms with Gasteiger partial charge in [-0.1, -0.05) is 26.0 Å². The van der Waals surface area contributed by atoms with E-state index in [1.807, 2.05) is 6.08 Å². The van der Waals surface area contributed by atoms with Crippen LogP contribution in [0.25, 0.3) is 0 Å². The van der Waals surface area contributed by atoms with Gasteiger partial charge in [-0.05, 0) is 72.3 Å². The molecule has 6 atom stereocenters. The van der Waals surface area contributed by atoms with Gasteiger partial charge in [0.1, 0.15) is 0 Å². The van der Waals surface area contributed by atoms with Gasteiger partial charge < -0.3 is 4.74 Å². The topological polar surface area (TPSA) is 43.4 Å². The minimum Gasteiger partial charge on any atom is -0.469 e. The van der Waals surface area contributed by atoms with Gasteiger partial charge in [-0.3, -0.25) is 9.59 Å². The molecule has 0 N–H and O–H groups in total. The largest absolute Gasteiger partial charge is 0.469 e. The molecule has 24 heavy (non-hydrogen) atoms. The first-order valence-electron chi connectivity index (χ1n) is 9.41. The third-order valence-corrected chi connectivity index (χ3v) is 8.00. The van der Waals surface area contributed by atoms with E-state index in [9.17, 15) is 9.59 Å². The predicted octanol–water partition coefficient (Wildman–Crippen LogP) is 4.08. The highest BCUT2D eigenvalue weighted by atomic mass is 16.5. The van der Waals surface area contributed by atoms with Crippen LogP contribution in [0.2, 0.25) is 0 Å². The van der Waals surface area contributed by atoms with Crippen molar-refractivity contribution in [2.24, 2.45) is 34.5 Å². The summed E-state index contributed by atoms with van der Waals surface area (Å²) in [7, 11) is 1.52. The Morgan fingerprint density at radius 2 is 1.96 bits per heavy atom. The standard InChI is InChI=1S/C21H28O3/c1-20-10-8-14(22)12-13(20)4-5-15-16-6-7-18(19(23)24-3)21(16,2)11-9-17(15)20/h4-5,12,15-18H,6-11H2,1-3H3. The van der Waals surface area contributed by atoms with Gasteiger partial charge in [0.05, 0.1) is 13.0 Å². The fourth-order valence-electron chi connectivity index (χ4n) is 6.53. The molecule has 0 aliphatic heterocycles. The molecule has 0 radical (unpaired) electrons. The molecule has 6 unspecified atom stereocenters. The van der Waals surface area contributed by atoms with Crippen molar-refractivity contribution in [3.63, 3.8) is 0 Å². The second-order valence-corrected chi connectivity index (χ2v) is 8.83. The third kappa shape index (κ3) is 2.02. The zero-order chi connectivity index (χ0) is 17.1. The Morgan fingerprint density at radius 3 is 2.71 bits per heavy atom. The van der Waals surface area contributed by atoms with Crippen LogP contribution in [0, 0.1) is 34.5 Å². The van der Waals surface area contributed by atoms with Crippen molar-refractivity contribution in [2.45, 2.75) is 52.4 Å². The van der Waals surface area contributed by atoms with Crippen LogP contribution in [0.5, 0.6) is 0 Å². The van der Waals surface area contributed by atoms with Gasteiger partial charge in [-0.2, -0.15) is 0 Å². The lowest BCUT2D eigenvalue weighted by Gasteiger charge is -2.55. The molecule has 0 aromatic rings. The summed E-state index contributed by atoms with van der Waals surface area (Å²) in [6.45, 7) is 4.68. The molecule has 0 saturated heterocycles. The Kier molecular flexibility index (Phi) is 3.56. The van der Waals surface area contributed by atoms with E-state index in [-0.39, 0.29) is 28.5 Å². The molecule has 4 aliphatic carbocycles. The van der Waals surface area contributed by atoms with Crippen molar-refractivity contribution in [1.82, 2.24) is 0 Å². The third-order valence-electron chi connectivity index (χ3n) is 8.00. The Hall–Kier alpha value is -1.38. The Balaban J connectivity index is 1.70. The summed E-state index contributed by atoms with van der Waals surface area (Å²) in [6.07, 6.45) is 12.5. The predicted molar refractivity (Wildman–Crippen MR) is 92.1 cm³/mol. The number of ketones is 1. The van der Waals surface area contributed by atoms with E-state index in [0.29, 0.717) is 24.2 Å². The van der Waals surface area contributed by atoms with Crippen molar-refractivity contribution in [1.29, 1.82) is 0 Å². The number of carbonyl (C=O) groups is 2. The lowest BCUT2D eigenvalue weighted by Crippen LogP contribution is -2.49. The first-order valence-corrected chi connectivity index (χ1v) is 9.41. The van der Waals surface area contributed by atoms with Crippen molar-refractivity contribution in [2.75, 3.05) is 7.11 Å². The summed E-state index contributed by atoms with van der Waals surface area (Å²) < 4.78 is 5.10. The summed E-state index contributed by atoms with van der Waals surface area (Å²) in [5.74, 6) is 2.02. The summed E-state index contributed by atoms with van der Waals surface area (Å²) in [5, 5.41) is 0. The number of carbonyl (C=O) groups excluding carboxylic acids is 2. The summed E-state index contributed by atoms with van der Waals surface area (Å²) >= 11 is 0. The Morgan fingerprint density at radius 1 is 1.17 bits per heavy atom. The number of rotatable bonds is 1. The normalized spacial score (nSPS) is 46.6. The maximum Gasteiger partial charge on any atom is 0.309 e. The van der Waals surface area contributed by atoms with E-state index < -0.39 is 0 Å². The molecule has 4 rings (SSSR count). The van der Waals surface area contributed by atoms with Crippen LogP contribution in [0.4, 0.5) is 0 Å². The fraction of sp³-hybridized carbons (Fsp3) is 0.714. The zero-order valence-corrected chi connectivity index (χ0v) is 15.0. The van der Waals surface area contributed by atoms with Crippen molar-refractivity contribution >= 4 is 11.8 Å². The molecule has 0 spiro atoms. The molecular formula is C21H28O3. The first kappa shape index (κ1) is 16.1. The van der Waals surface area contributed by atoms with E-state index in [4.69, 9.17) is 4.74 Å². The van der Waals surface area contributed by atoms with Gasteiger partial charge in [-0.15, -0.1) is 0 Å². The molecule has 4 aliphatic rings. The SMILES string of the molecule is COC(=O)C1CCC2C3C=CC4=CC(=O)CCC4(C)C3CCC12C. The number of ether oxygens (including phenoxy) is 1. The summed E-state index contributed by atoms with van der Waals surface area (Å²) in [4.78, 5) is 24.1. The summed E-state index contributed by atoms with van der Waals surface area (Å²) in [6, 6.07) is 0. The van der Waals surface area contributed by atoms with Gasteiger partial charge in [0.2, 0.25) is 0 Å². The average molecular weight is 328 g/mol. The van der Waals surface area contributed by atoms with Crippen LogP contribution in [0.15, 0.2) is 23.8 Å². The quantitative estimate of drug-likeness (QED) is 0.681. The number of methoxy groups -OCH3 is 1. The minimum absolute atomic E-state index is 0.0201. The maximum atomic E-state index is 12.3. The molecular weight excluding hydrogens is 300 g/mol.